The summed E-state index contributed by atoms with van der Waals surface area (Å²) in [6.45, 7) is 20.4. The number of nitrogens with zero attached hydrogens (tertiary/aromatic N) is 17. The number of carboxylic acid groups (broad SMARTS) is 1. The Bertz CT molecular complexity index is 5880. The second-order valence-corrected chi connectivity index (χ2v) is 32.0. The summed E-state index contributed by atoms with van der Waals surface area (Å²) in [5.41, 5.74) is 25.5. The molecule has 7 N–H and O–H groups in total. The first-order valence-corrected chi connectivity index (χ1v) is 40.3. The summed E-state index contributed by atoms with van der Waals surface area (Å²) in [4.78, 5) is 83.3. The van der Waals surface area contributed by atoms with Gasteiger partial charge in [-0.2, -0.15) is 10.5 Å². The minimum atomic E-state index is -1.00. The van der Waals surface area contributed by atoms with Crippen molar-refractivity contribution in [3.63, 3.8) is 0 Å². The molecule has 15 rings (SSSR count). The Kier molecular flexibility index (Phi) is 32.8. The molecule has 30 nitrogen and oxygen atoms in total. The molecule has 3 amide bonds. The van der Waals surface area contributed by atoms with Gasteiger partial charge in [0.1, 0.15) is 123 Å². The molecular weight excluding hydrogens is 1710 g/mol. The first kappa shape index (κ1) is 93.5. The molecule has 3 fully saturated rings. The van der Waals surface area contributed by atoms with Crippen LogP contribution in [0.3, 0.4) is 0 Å². The van der Waals surface area contributed by atoms with Crippen LogP contribution in [0.5, 0.6) is 34.5 Å². The summed E-state index contributed by atoms with van der Waals surface area (Å²) in [7, 11) is 6.67. The maximum atomic E-state index is 12.8. The third kappa shape index (κ3) is 24.2. The van der Waals surface area contributed by atoms with Gasteiger partial charge in [0.2, 0.25) is 5.91 Å². The first-order chi connectivity index (χ1) is 60.0. The Labute approximate surface area is 745 Å². The van der Waals surface area contributed by atoms with E-state index in [0.29, 0.717) is 139 Å². The van der Waals surface area contributed by atoms with Gasteiger partial charge in [0.15, 0.2) is 0 Å². The maximum absolute atomic E-state index is 12.8. The molecule has 12 aromatic rings. The van der Waals surface area contributed by atoms with Gasteiger partial charge >= 0.3 is 35.2 Å². The molecule has 652 valence electrons. The molecule has 3 aliphatic heterocycles. The van der Waals surface area contributed by atoms with Gasteiger partial charge in [0.25, 0.3) is 0 Å². The summed E-state index contributed by atoms with van der Waals surface area (Å²) in [6, 6.07) is 56.1. The summed E-state index contributed by atoms with van der Waals surface area (Å²) >= 11 is 3.83. The SMILES string of the molecule is CC(C)(C)OC(=O)N1CC[C@@H](n2c(Br)c(-c3ccc(Oc4ccccc4)cc3)c3c(N)ncnc32)C1.CC(C)(C)OC(=O)N1CC[C@@H](n2c(C#N)c(-c3ccc(Oc4ccccc4)cc3)c3c(N)ncnc32)C1.CN(C)C/C=C/C(=O)N1CC[C@@H](n2c(C#N)c(-c3ccc(Oc4ccccc4)cc3)c3c(N)ncnc32)C1.CN(C)C/C=C/C(=O)O.[2H]CF.[C-]#N.[Cu+]. The van der Waals surface area contributed by atoms with E-state index >= 15 is 0 Å². The zero-order valence-electron chi connectivity index (χ0n) is 71.9. The number of alkyl halides is 1. The van der Waals surface area contributed by atoms with Crippen LogP contribution < -0.4 is 31.4 Å². The van der Waals surface area contributed by atoms with Crippen LogP contribution in [0.1, 0.15) is 91.7 Å². The number of likely N-dealkylation sites (tertiary alicyclic amines) is 3. The number of nitriles is 2. The number of carbonyl (C=O) groups excluding carboxylic acids is 3. The van der Waals surface area contributed by atoms with Gasteiger partial charge in [-0.3, -0.25) is 9.18 Å². The number of carboxylic acids is 1. The van der Waals surface area contributed by atoms with Crippen LogP contribution in [-0.2, 0) is 36.1 Å². The van der Waals surface area contributed by atoms with Crippen molar-refractivity contribution in [2.75, 3.05) is 105 Å². The molecule has 3 aliphatic rings. The van der Waals surface area contributed by atoms with Crippen molar-refractivity contribution in [2.45, 2.75) is 90.1 Å². The van der Waals surface area contributed by atoms with Crippen molar-refractivity contribution in [1.82, 2.24) is 68.1 Å². The van der Waals surface area contributed by atoms with Crippen LogP contribution in [0.2, 0.25) is 0 Å². The number of hydrogen-bond donors (Lipinski definition) is 4. The second-order valence-electron chi connectivity index (χ2n) is 31.3. The van der Waals surface area contributed by atoms with E-state index in [1.807, 2.05) is 263 Å². The summed E-state index contributed by atoms with van der Waals surface area (Å²) in [6.07, 6.45) is 12.0. The van der Waals surface area contributed by atoms with Gasteiger partial charge in [-0.1, -0.05) is 103 Å². The number of hydrogen-bond acceptors (Lipinski definition) is 23. The van der Waals surface area contributed by atoms with Crippen LogP contribution in [0, 0.1) is 34.5 Å². The number of anilines is 3. The van der Waals surface area contributed by atoms with Gasteiger partial charge in [-0.15, -0.1) is 0 Å². The Morgan fingerprint density at radius 1 is 0.504 bits per heavy atom. The number of para-hydroxylation sites is 3. The zero-order valence-corrected chi connectivity index (χ0v) is 73.4. The van der Waals surface area contributed by atoms with Crippen molar-refractivity contribution in [2.24, 2.45) is 0 Å². The standard InChI is InChI=1S/C29H29N7O2.C28H28N6O3.C27H28BrN5O3.C6H11NO2.CH3F.CN.Cu/c1-34(2)15-6-9-25(37)35-16-14-21(18-35)36-24(17-30)26(27-28(31)32-19-33-29(27)36)20-10-12-23(13-11-20)38-22-7-4-3-5-8-22;1-28(2,3)37-27(35)33-14-13-19(16-33)34-22(15-29)23(24-25(30)31-17-32-26(24)34)18-9-11-21(12-10-18)36-20-7-5-4-6-8-20;1-27(2,3)36-26(34)32-14-13-18(15-32)33-23(28)21(22-24(29)30-16-31-25(22)33)17-9-11-20(12-10-17)35-19-7-5-4-6-8-19;1-7(2)5-3-4-6(8)9;2*1-2;/h3-13,19,21H,14-16,18H2,1-2H3,(H2,31,32,33);4-12,17,19H,13-14,16H2,1-3H3,(H2,30,31,32);4-12,16,18H,13-15H2,1-3H3,(H2,29,30,31);3-4H,5H2,1-2H3,(H,8,9);1H3;;/q;;;;;-1;+1/b9-6+;;;4-3+;;;/t21-;19-;18-;;;;/m111..../s1/i;;;;1D;;. The number of fused-ring (bicyclic) bond motifs is 3. The molecule has 33 heteroatoms. The molecule has 0 unspecified atom stereocenters. The van der Waals surface area contributed by atoms with Gasteiger partial charge in [0, 0.05) is 81.2 Å². The van der Waals surface area contributed by atoms with Crippen molar-refractivity contribution in [1.29, 1.82) is 15.8 Å². The molecule has 6 aromatic heterocycles. The zero-order chi connectivity index (χ0) is 90.2. The molecule has 9 heterocycles. The smallest absolute Gasteiger partial charge is 0.512 e. The van der Waals surface area contributed by atoms with Crippen LogP contribution in [0.4, 0.5) is 31.4 Å². The van der Waals surface area contributed by atoms with E-state index in [9.17, 15) is 34.1 Å². The summed E-state index contributed by atoms with van der Waals surface area (Å²) < 4.78 is 51.2. The van der Waals surface area contributed by atoms with E-state index in [1.165, 1.54) is 19.0 Å². The van der Waals surface area contributed by atoms with E-state index in [-0.39, 0.29) is 53.3 Å². The van der Waals surface area contributed by atoms with E-state index < -0.39 is 24.3 Å². The number of nitrogen functional groups attached to an aromatic ring is 3. The van der Waals surface area contributed by atoms with Crippen molar-refractivity contribution in [3.05, 3.63) is 230 Å². The molecule has 0 aliphatic carbocycles. The third-order valence-electron chi connectivity index (χ3n) is 19.6. The Morgan fingerprint density at radius 3 is 1.13 bits per heavy atom. The molecule has 3 saturated heterocycles. The molecular formula is C92H99BrCuFN20O10. The summed E-state index contributed by atoms with van der Waals surface area (Å²) in [5, 5.41) is 37.0. The van der Waals surface area contributed by atoms with Gasteiger partial charge in [-0.25, -0.2) is 44.3 Å². The van der Waals surface area contributed by atoms with Crippen molar-refractivity contribution >= 4 is 90.5 Å². The normalized spacial score (nSPS) is 14.8. The monoisotopic (exact) mass is 1810 g/mol. The van der Waals surface area contributed by atoms with Crippen LogP contribution in [0.15, 0.2) is 212 Å². The predicted octanol–water partition coefficient (Wildman–Crippen LogP) is 17.0. The van der Waals surface area contributed by atoms with E-state index in [4.69, 9.17) is 59.2 Å². The number of nitrogens with two attached hydrogens (primary N) is 3. The number of aliphatic carboxylic acids is 1. The first-order valence-electron chi connectivity index (χ1n) is 40.2. The van der Waals surface area contributed by atoms with E-state index in [1.54, 1.807) is 22.0 Å². The number of likely N-dealkylation sites (N-methyl/N-ethyl adjacent to an activating group) is 2. The van der Waals surface area contributed by atoms with Crippen molar-refractivity contribution < 1.29 is 70.8 Å². The van der Waals surface area contributed by atoms with Crippen LogP contribution >= 0.6 is 15.9 Å². The average Bonchev–Trinajstić information content (AvgIpc) is 1.59. The number of carbonyl (C=O) groups is 4. The molecule has 0 spiro atoms. The van der Waals surface area contributed by atoms with Gasteiger partial charge in [0.05, 0.1) is 47.4 Å². The van der Waals surface area contributed by atoms with Crippen molar-refractivity contribution in [3.8, 4) is 80.0 Å². The third-order valence-corrected chi connectivity index (χ3v) is 20.4. The predicted molar refractivity (Wildman–Crippen MR) is 477 cm³/mol. The Morgan fingerprint density at radius 2 is 0.800 bits per heavy atom. The topological polar surface area (TPSA) is 392 Å². The molecule has 0 saturated carbocycles. The van der Waals surface area contributed by atoms with Crippen LogP contribution in [-0.4, -0.2) is 196 Å². The van der Waals surface area contributed by atoms with Crippen LogP contribution in [0.25, 0.3) is 66.5 Å². The molecule has 0 bridgehead atoms. The fraction of sp³-hybridized carbons (Fsp3) is 0.293. The minimum Gasteiger partial charge on any atom is -0.512 e. The molecule has 0 radical (unpaired) electrons. The number of amides is 3. The fourth-order valence-electron chi connectivity index (χ4n) is 14.4. The fourth-order valence-corrected chi connectivity index (χ4v) is 15.2. The van der Waals surface area contributed by atoms with Gasteiger partial charge in [-0.05, 0) is 194 Å². The quantitative estimate of drug-likeness (QED) is 0.0352. The number of benzene rings is 6. The number of rotatable bonds is 18. The Hall–Kier alpha value is -13.7. The second kappa shape index (κ2) is 43.8. The minimum absolute atomic E-state index is 0. The largest absolute Gasteiger partial charge is 1.00 e. The molecule has 6 aromatic carbocycles. The molecule has 125 heavy (non-hydrogen) atoms. The number of aromatic nitrogens is 9. The number of ether oxygens (including phenoxy) is 5. The molecule has 3 atom stereocenters. The summed E-state index contributed by atoms with van der Waals surface area (Å²) in [5.74, 6) is 4.41. The van der Waals surface area contributed by atoms with E-state index in [0.717, 1.165) is 73.4 Å². The average molecular weight is 1810 g/mol. The number of halogens is 2. The van der Waals surface area contributed by atoms with E-state index in [2.05, 4.69) is 62.5 Å². The van der Waals surface area contributed by atoms with Gasteiger partial charge < -0.3 is 96.0 Å². The Balaban J connectivity index is 0.000000198. The maximum Gasteiger partial charge on any atom is 1.00 e.